The molecule has 1 aliphatic rings. The van der Waals surface area contributed by atoms with Crippen molar-refractivity contribution in [2.24, 2.45) is 11.7 Å². The predicted molar refractivity (Wildman–Crippen MR) is 62.0 cm³/mol. The molecule has 1 aromatic rings. The zero-order valence-electron chi connectivity index (χ0n) is 9.80. The lowest BCUT2D eigenvalue weighted by molar-refractivity contribution is -0.123. The molecule has 0 saturated carbocycles. The number of primary amides is 1. The first-order valence-corrected chi connectivity index (χ1v) is 5.77. The van der Waals surface area contributed by atoms with Gasteiger partial charge in [-0.2, -0.15) is 0 Å². The van der Waals surface area contributed by atoms with Crippen LogP contribution in [-0.4, -0.2) is 34.8 Å². The Labute approximate surface area is 104 Å². The molecule has 96 valence electrons. The lowest BCUT2D eigenvalue weighted by atomic mass is 9.97. The first-order valence-electron chi connectivity index (χ1n) is 5.77. The zero-order chi connectivity index (χ0) is 13.1. The maximum atomic E-state index is 13.4. The molecule has 0 radical (unpaired) electrons. The molecule has 0 aliphatic carbocycles. The van der Waals surface area contributed by atoms with Crippen molar-refractivity contribution in [3.63, 3.8) is 0 Å². The van der Waals surface area contributed by atoms with Crippen LogP contribution in [0.3, 0.4) is 0 Å². The molecule has 2 N–H and O–H groups in total. The van der Waals surface area contributed by atoms with Gasteiger partial charge in [-0.3, -0.25) is 14.6 Å². The first-order chi connectivity index (χ1) is 8.59. The summed E-state index contributed by atoms with van der Waals surface area (Å²) in [4.78, 5) is 28.3. The third-order valence-corrected chi connectivity index (χ3v) is 3.11. The molecule has 2 amide bonds. The number of piperidine rings is 1. The quantitative estimate of drug-likeness (QED) is 0.834. The number of halogens is 1. The Morgan fingerprint density at radius 1 is 1.50 bits per heavy atom. The summed E-state index contributed by atoms with van der Waals surface area (Å²) in [5.74, 6) is -1.82. The molecule has 2 heterocycles. The van der Waals surface area contributed by atoms with Crippen LogP contribution in [0.25, 0.3) is 0 Å². The zero-order valence-corrected chi connectivity index (χ0v) is 9.80. The van der Waals surface area contributed by atoms with Crippen LogP contribution in [0.2, 0.25) is 0 Å². The molecular formula is C12H14FN3O2. The van der Waals surface area contributed by atoms with Gasteiger partial charge in [-0.05, 0) is 18.9 Å². The highest BCUT2D eigenvalue weighted by molar-refractivity contribution is 5.94. The number of carbonyl (C=O) groups is 2. The fourth-order valence-electron chi connectivity index (χ4n) is 2.11. The summed E-state index contributed by atoms with van der Waals surface area (Å²) in [6, 6.07) is 1.34. The fourth-order valence-corrected chi connectivity index (χ4v) is 2.11. The van der Waals surface area contributed by atoms with Crippen molar-refractivity contribution in [1.82, 2.24) is 9.88 Å². The van der Waals surface area contributed by atoms with Gasteiger partial charge in [-0.1, -0.05) is 0 Å². The minimum Gasteiger partial charge on any atom is -0.369 e. The molecule has 1 aliphatic heterocycles. The highest BCUT2D eigenvalue weighted by Gasteiger charge is 2.28. The Hall–Kier alpha value is -1.98. The second kappa shape index (κ2) is 5.12. The summed E-state index contributed by atoms with van der Waals surface area (Å²) >= 11 is 0. The maximum Gasteiger partial charge on any atom is 0.256 e. The Morgan fingerprint density at radius 3 is 2.94 bits per heavy atom. The number of likely N-dealkylation sites (tertiary alicyclic amines) is 1. The molecule has 2 rings (SSSR count). The fraction of sp³-hybridized carbons (Fsp3) is 0.417. The van der Waals surface area contributed by atoms with Crippen LogP contribution in [0, 0.1) is 11.7 Å². The van der Waals surface area contributed by atoms with Crippen molar-refractivity contribution in [3.8, 4) is 0 Å². The van der Waals surface area contributed by atoms with E-state index >= 15 is 0 Å². The second-order valence-electron chi connectivity index (χ2n) is 4.35. The minimum atomic E-state index is -0.649. The molecule has 1 unspecified atom stereocenters. The molecule has 6 heteroatoms. The van der Waals surface area contributed by atoms with E-state index < -0.39 is 17.6 Å². The molecule has 1 atom stereocenters. The number of pyridine rings is 1. The van der Waals surface area contributed by atoms with Crippen molar-refractivity contribution in [3.05, 3.63) is 29.8 Å². The molecule has 0 bridgehead atoms. The van der Waals surface area contributed by atoms with Crippen molar-refractivity contribution >= 4 is 11.8 Å². The smallest absolute Gasteiger partial charge is 0.256 e. The molecule has 1 aromatic heterocycles. The highest BCUT2D eigenvalue weighted by Crippen LogP contribution is 2.19. The SMILES string of the molecule is NC(=O)C1CCCN(C(=O)c2ccncc2F)C1. The van der Waals surface area contributed by atoms with E-state index in [-0.39, 0.29) is 18.0 Å². The van der Waals surface area contributed by atoms with Crippen molar-refractivity contribution in [2.45, 2.75) is 12.8 Å². The summed E-state index contributed by atoms with van der Waals surface area (Å²) in [5.41, 5.74) is 5.22. The summed E-state index contributed by atoms with van der Waals surface area (Å²) in [6.45, 7) is 0.778. The molecule has 18 heavy (non-hydrogen) atoms. The Kier molecular flexibility index (Phi) is 3.55. The highest BCUT2D eigenvalue weighted by atomic mass is 19.1. The Morgan fingerprint density at radius 2 is 2.28 bits per heavy atom. The van der Waals surface area contributed by atoms with Gasteiger partial charge in [0.25, 0.3) is 5.91 Å². The second-order valence-corrected chi connectivity index (χ2v) is 4.35. The van der Waals surface area contributed by atoms with E-state index in [2.05, 4.69) is 4.98 Å². The molecule has 0 aromatic carbocycles. The van der Waals surface area contributed by atoms with Gasteiger partial charge in [0, 0.05) is 19.3 Å². The Balaban J connectivity index is 2.14. The molecule has 0 spiro atoms. The molecule has 5 nitrogen and oxygen atoms in total. The summed E-state index contributed by atoms with van der Waals surface area (Å²) in [7, 11) is 0. The predicted octanol–water partition coefficient (Wildman–Crippen LogP) is 0.558. The summed E-state index contributed by atoms with van der Waals surface area (Å²) < 4.78 is 13.4. The van der Waals surface area contributed by atoms with Crippen molar-refractivity contribution < 1.29 is 14.0 Å². The van der Waals surface area contributed by atoms with E-state index in [9.17, 15) is 14.0 Å². The van der Waals surface area contributed by atoms with Gasteiger partial charge >= 0.3 is 0 Å². The van der Waals surface area contributed by atoms with Crippen molar-refractivity contribution in [1.29, 1.82) is 0 Å². The number of nitrogens with two attached hydrogens (primary N) is 1. The van der Waals surface area contributed by atoms with Gasteiger partial charge in [0.05, 0.1) is 17.7 Å². The van der Waals surface area contributed by atoms with Gasteiger partial charge in [0.15, 0.2) is 5.82 Å². The molecule has 1 saturated heterocycles. The first kappa shape index (κ1) is 12.5. The van der Waals surface area contributed by atoms with Crippen LogP contribution in [0.15, 0.2) is 18.5 Å². The standard InChI is InChI=1S/C12H14FN3O2/c13-10-6-15-4-3-9(10)12(18)16-5-1-2-8(7-16)11(14)17/h3-4,6,8H,1-2,5,7H2,(H2,14,17). The number of hydrogen-bond acceptors (Lipinski definition) is 3. The lowest BCUT2D eigenvalue weighted by Gasteiger charge is -2.31. The molecular weight excluding hydrogens is 237 g/mol. The van der Waals surface area contributed by atoms with Crippen LogP contribution in [-0.2, 0) is 4.79 Å². The summed E-state index contributed by atoms with van der Waals surface area (Å²) in [6.07, 6.45) is 3.75. The lowest BCUT2D eigenvalue weighted by Crippen LogP contribution is -2.44. The average Bonchev–Trinajstić information content (AvgIpc) is 2.38. The number of amides is 2. The van der Waals surface area contributed by atoms with E-state index in [0.717, 1.165) is 6.20 Å². The molecule has 1 fully saturated rings. The number of nitrogens with zero attached hydrogens (tertiary/aromatic N) is 2. The Bertz CT molecular complexity index is 478. The van der Waals surface area contributed by atoms with E-state index in [1.54, 1.807) is 0 Å². The third-order valence-electron chi connectivity index (χ3n) is 3.11. The largest absolute Gasteiger partial charge is 0.369 e. The van der Waals surface area contributed by atoms with Gasteiger partial charge in [-0.25, -0.2) is 4.39 Å². The minimum absolute atomic E-state index is 0.0184. The van der Waals surface area contributed by atoms with Crippen LogP contribution in [0.4, 0.5) is 4.39 Å². The van der Waals surface area contributed by atoms with Crippen LogP contribution >= 0.6 is 0 Å². The van der Waals surface area contributed by atoms with Crippen LogP contribution in [0.1, 0.15) is 23.2 Å². The van der Waals surface area contributed by atoms with Crippen LogP contribution < -0.4 is 5.73 Å². The van der Waals surface area contributed by atoms with Gasteiger partial charge in [0.2, 0.25) is 5.91 Å². The van der Waals surface area contributed by atoms with Gasteiger partial charge in [0.1, 0.15) is 0 Å². The maximum absolute atomic E-state index is 13.4. The number of aromatic nitrogens is 1. The number of hydrogen-bond donors (Lipinski definition) is 1. The van der Waals surface area contributed by atoms with E-state index in [1.807, 2.05) is 0 Å². The summed E-state index contributed by atoms with van der Waals surface area (Å²) in [5, 5.41) is 0. The van der Waals surface area contributed by atoms with Crippen molar-refractivity contribution in [2.75, 3.05) is 13.1 Å². The van der Waals surface area contributed by atoms with Crippen LogP contribution in [0.5, 0.6) is 0 Å². The van der Waals surface area contributed by atoms with E-state index in [1.165, 1.54) is 17.2 Å². The van der Waals surface area contributed by atoms with Gasteiger partial charge in [-0.15, -0.1) is 0 Å². The monoisotopic (exact) mass is 251 g/mol. The topological polar surface area (TPSA) is 76.3 Å². The van der Waals surface area contributed by atoms with Gasteiger partial charge < -0.3 is 10.6 Å². The number of carbonyl (C=O) groups excluding carboxylic acids is 2. The number of rotatable bonds is 2. The van der Waals surface area contributed by atoms with E-state index in [4.69, 9.17) is 5.73 Å². The van der Waals surface area contributed by atoms with E-state index in [0.29, 0.717) is 19.4 Å². The third kappa shape index (κ3) is 2.47. The average molecular weight is 251 g/mol. The normalized spacial score (nSPS) is 19.6.